The van der Waals surface area contributed by atoms with Crippen molar-refractivity contribution in [3.05, 3.63) is 52.8 Å². The SMILES string of the molecule is Bc1c(OCCCC)c(C(=O)Oc2ccccc2)c(C)c(F)c1C(C)O. The quantitative estimate of drug-likeness (QED) is 0.358. The minimum absolute atomic E-state index is 0.0596. The zero-order chi connectivity index (χ0) is 19.3. The van der Waals surface area contributed by atoms with E-state index < -0.39 is 17.9 Å². The molecular formula is C20H24BFO4. The summed E-state index contributed by atoms with van der Waals surface area (Å²) < 4.78 is 26.0. The van der Waals surface area contributed by atoms with Gasteiger partial charge in [-0.2, -0.15) is 0 Å². The molecule has 0 amide bonds. The molecule has 0 spiro atoms. The van der Waals surface area contributed by atoms with Crippen LogP contribution in [0.3, 0.4) is 0 Å². The van der Waals surface area contributed by atoms with Crippen LogP contribution in [0.2, 0.25) is 0 Å². The third-order valence-corrected chi connectivity index (χ3v) is 4.23. The van der Waals surface area contributed by atoms with Crippen molar-refractivity contribution in [3.8, 4) is 11.5 Å². The first kappa shape index (κ1) is 20.0. The molecule has 0 bridgehead atoms. The Labute approximate surface area is 154 Å². The second-order valence-electron chi connectivity index (χ2n) is 6.26. The molecule has 0 saturated carbocycles. The van der Waals surface area contributed by atoms with Crippen LogP contribution in [0.25, 0.3) is 0 Å². The highest BCUT2D eigenvalue weighted by atomic mass is 19.1. The van der Waals surface area contributed by atoms with Crippen LogP contribution in [0.4, 0.5) is 4.39 Å². The molecule has 138 valence electrons. The maximum absolute atomic E-state index is 14.8. The summed E-state index contributed by atoms with van der Waals surface area (Å²) in [4.78, 5) is 12.7. The van der Waals surface area contributed by atoms with Gasteiger partial charge in [-0.15, -0.1) is 0 Å². The normalized spacial score (nSPS) is 11.9. The van der Waals surface area contributed by atoms with Crippen LogP contribution < -0.4 is 14.9 Å². The molecule has 0 aliphatic rings. The van der Waals surface area contributed by atoms with E-state index in [9.17, 15) is 14.3 Å². The Morgan fingerprint density at radius 2 is 1.96 bits per heavy atom. The molecule has 0 radical (unpaired) electrons. The number of para-hydroxylation sites is 1. The fraction of sp³-hybridized carbons (Fsp3) is 0.350. The van der Waals surface area contributed by atoms with Crippen molar-refractivity contribution in [2.75, 3.05) is 6.61 Å². The van der Waals surface area contributed by atoms with Gasteiger partial charge in [0.15, 0.2) is 0 Å². The molecule has 0 aromatic heterocycles. The number of hydrogen-bond donors (Lipinski definition) is 1. The molecular weight excluding hydrogens is 334 g/mol. The highest BCUT2D eigenvalue weighted by Gasteiger charge is 2.28. The largest absolute Gasteiger partial charge is 0.493 e. The van der Waals surface area contributed by atoms with E-state index in [2.05, 4.69) is 0 Å². The van der Waals surface area contributed by atoms with Crippen molar-refractivity contribution < 1.29 is 23.8 Å². The number of ether oxygens (including phenoxy) is 2. The number of benzene rings is 2. The summed E-state index contributed by atoms with van der Waals surface area (Å²) in [6.45, 7) is 5.41. The molecule has 1 unspecified atom stereocenters. The Kier molecular flexibility index (Phi) is 6.80. The Hall–Kier alpha value is -2.34. The molecule has 0 fully saturated rings. The minimum atomic E-state index is -1.01. The van der Waals surface area contributed by atoms with Crippen LogP contribution in [0.5, 0.6) is 11.5 Å². The van der Waals surface area contributed by atoms with Crippen molar-refractivity contribution in [3.63, 3.8) is 0 Å². The summed E-state index contributed by atoms with van der Waals surface area (Å²) in [5, 5.41) is 9.96. The van der Waals surface area contributed by atoms with Gasteiger partial charge in [0.2, 0.25) is 0 Å². The molecule has 2 aromatic rings. The van der Waals surface area contributed by atoms with Gasteiger partial charge in [0, 0.05) is 11.1 Å². The molecule has 1 N–H and O–H groups in total. The summed E-state index contributed by atoms with van der Waals surface area (Å²) in [5.41, 5.74) is 0.729. The van der Waals surface area contributed by atoms with Gasteiger partial charge in [-0.1, -0.05) is 31.5 Å². The second kappa shape index (κ2) is 8.85. The highest BCUT2D eigenvalue weighted by Crippen LogP contribution is 2.30. The van der Waals surface area contributed by atoms with Crippen LogP contribution in [-0.2, 0) is 0 Å². The molecule has 6 heteroatoms. The topological polar surface area (TPSA) is 55.8 Å². The lowest BCUT2D eigenvalue weighted by atomic mass is 9.83. The zero-order valence-corrected chi connectivity index (χ0v) is 15.6. The van der Waals surface area contributed by atoms with Crippen LogP contribution >= 0.6 is 0 Å². The van der Waals surface area contributed by atoms with Gasteiger partial charge < -0.3 is 14.6 Å². The van der Waals surface area contributed by atoms with Gasteiger partial charge in [-0.3, -0.25) is 0 Å². The maximum atomic E-state index is 14.8. The Balaban J connectivity index is 2.52. The van der Waals surface area contributed by atoms with E-state index in [1.807, 2.05) is 13.0 Å². The Morgan fingerprint density at radius 3 is 2.54 bits per heavy atom. The number of aliphatic hydroxyl groups excluding tert-OH is 1. The van der Waals surface area contributed by atoms with Gasteiger partial charge in [0.1, 0.15) is 30.7 Å². The van der Waals surface area contributed by atoms with Crippen molar-refractivity contribution in [2.45, 2.75) is 39.7 Å². The highest BCUT2D eigenvalue weighted by molar-refractivity contribution is 6.36. The van der Waals surface area contributed by atoms with Crippen LogP contribution in [0.1, 0.15) is 54.3 Å². The van der Waals surface area contributed by atoms with E-state index in [0.717, 1.165) is 12.8 Å². The molecule has 2 rings (SSSR count). The molecule has 1 atom stereocenters. The average Bonchev–Trinajstić information content (AvgIpc) is 2.60. The minimum Gasteiger partial charge on any atom is -0.493 e. The molecule has 0 heterocycles. The van der Waals surface area contributed by atoms with Crippen molar-refractivity contribution in [2.24, 2.45) is 0 Å². The van der Waals surface area contributed by atoms with E-state index in [-0.39, 0.29) is 22.4 Å². The summed E-state index contributed by atoms with van der Waals surface area (Å²) in [7, 11) is 1.64. The van der Waals surface area contributed by atoms with E-state index in [1.54, 1.807) is 32.1 Å². The van der Waals surface area contributed by atoms with Crippen LogP contribution in [0, 0.1) is 12.7 Å². The first-order chi connectivity index (χ1) is 12.4. The number of aliphatic hydroxyl groups is 1. The van der Waals surface area contributed by atoms with Gasteiger partial charge in [0.25, 0.3) is 0 Å². The zero-order valence-electron chi connectivity index (χ0n) is 15.6. The smallest absolute Gasteiger partial charge is 0.347 e. The molecule has 0 aliphatic carbocycles. The lowest BCUT2D eigenvalue weighted by molar-refractivity contribution is 0.0728. The third-order valence-electron chi connectivity index (χ3n) is 4.23. The summed E-state index contributed by atoms with van der Waals surface area (Å²) >= 11 is 0. The Bertz CT molecular complexity index is 775. The lowest BCUT2D eigenvalue weighted by Crippen LogP contribution is -2.26. The standard InChI is InChI=1S/C20H24BFO4/c1-4-5-11-25-19-15(20(24)26-14-9-7-6-8-10-14)12(2)18(22)16(13(3)23)17(19)21/h6-10,13,23H,4-5,11,21H2,1-3H3. The van der Waals surface area contributed by atoms with Gasteiger partial charge >= 0.3 is 5.97 Å². The third kappa shape index (κ3) is 4.25. The van der Waals surface area contributed by atoms with Gasteiger partial charge in [-0.25, -0.2) is 9.18 Å². The molecule has 2 aromatic carbocycles. The van der Waals surface area contributed by atoms with Gasteiger partial charge in [-0.05, 0) is 37.9 Å². The molecule has 26 heavy (non-hydrogen) atoms. The van der Waals surface area contributed by atoms with Crippen LogP contribution in [-0.4, -0.2) is 25.5 Å². The van der Waals surface area contributed by atoms with E-state index >= 15 is 0 Å². The number of carbonyl (C=O) groups is 1. The maximum Gasteiger partial charge on any atom is 0.347 e. The average molecular weight is 358 g/mol. The monoisotopic (exact) mass is 358 g/mol. The number of esters is 1. The van der Waals surface area contributed by atoms with E-state index in [4.69, 9.17) is 9.47 Å². The Morgan fingerprint density at radius 1 is 1.31 bits per heavy atom. The summed E-state index contributed by atoms with van der Waals surface area (Å²) in [5.74, 6) is -0.650. The van der Waals surface area contributed by atoms with E-state index in [1.165, 1.54) is 13.8 Å². The number of carbonyl (C=O) groups excluding carboxylic acids is 1. The van der Waals surface area contributed by atoms with Gasteiger partial charge in [0.05, 0.1) is 12.7 Å². The lowest BCUT2D eigenvalue weighted by Gasteiger charge is -2.21. The number of unbranched alkanes of at least 4 members (excludes halogenated alkanes) is 1. The first-order valence-corrected chi connectivity index (χ1v) is 8.79. The fourth-order valence-electron chi connectivity index (χ4n) is 2.84. The molecule has 0 aliphatic heterocycles. The number of hydrogen-bond acceptors (Lipinski definition) is 4. The number of halogens is 1. The predicted octanol–water partition coefficient (Wildman–Crippen LogP) is 2.84. The molecule has 4 nitrogen and oxygen atoms in total. The van der Waals surface area contributed by atoms with Crippen molar-refractivity contribution >= 4 is 19.3 Å². The predicted molar refractivity (Wildman–Crippen MR) is 102 cm³/mol. The summed E-state index contributed by atoms with van der Waals surface area (Å²) in [6, 6.07) is 8.60. The number of rotatable bonds is 7. The molecule has 0 saturated heterocycles. The second-order valence-corrected chi connectivity index (χ2v) is 6.26. The first-order valence-electron chi connectivity index (χ1n) is 8.79. The fourth-order valence-corrected chi connectivity index (χ4v) is 2.84. The van der Waals surface area contributed by atoms with Crippen molar-refractivity contribution in [1.82, 2.24) is 0 Å². The van der Waals surface area contributed by atoms with E-state index in [0.29, 0.717) is 17.8 Å². The van der Waals surface area contributed by atoms with Crippen LogP contribution in [0.15, 0.2) is 30.3 Å². The summed E-state index contributed by atoms with van der Waals surface area (Å²) in [6.07, 6.45) is 0.709. The van der Waals surface area contributed by atoms with Crippen molar-refractivity contribution in [1.29, 1.82) is 0 Å².